The molecule has 0 unspecified atom stereocenters. The third-order valence-corrected chi connectivity index (χ3v) is 2.85. The van der Waals surface area contributed by atoms with Crippen molar-refractivity contribution in [2.75, 3.05) is 20.3 Å². The van der Waals surface area contributed by atoms with Crippen molar-refractivity contribution in [3.63, 3.8) is 0 Å². The molecule has 0 bridgehead atoms. The quantitative estimate of drug-likeness (QED) is 0.660. The zero-order valence-corrected chi connectivity index (χ0v) is 11.2. The van der Waals surface area contributed by atoms with Crippen LogP contribution in [0.3, 0.4) is 0 Å². The van der Waals surface area contributed by atoms with E-state index in [1.807, 2.05) is 23.4 Å². The summed E-state index contributed by atoms with van der Waals surface area (Å²) in [7, 11) is 1.70. The van der Waals surface area contributed by atoms with Crippen LogP contribution in [0.25, 0.3) is 0 Å². The average Bonchev–Trinajstić information content (AvgIpc) is 3.07. The Kier molecular flexibility index (Phi) is 5.51. The van der Waals surface area contributed by atoms with Gasteiger partial charge in [-0.15, -0.1) is 5.10 Å². The van der Waals surface area contributed by atoms with Gasteiger partial charge in [0.15, 0.2) is 0 Å². The summed E-state index contributed by atoms with van der Waals surface area (Å²) < 4.78 is 9.00. The van der Waals surface area contributed by atoms with Crippen LogP contribution in [0.1, 0.15) is 12.1 Å². The molecule has 2 aromatic rings. The van der Waals surface area contributed by atoms with Gasteiger partial charge in [0.2, 0.25) is 0 Å². The summed E-state index contributed by atoms with van der Waals surface area (Å²) in [5.74, 6) is 0. The van der Waals surface area contributed by atoms with Gasteiger partial charge < -0.3 is 14.6 Å². The van der Waals surface area contributed by atoms with Crippen molar-refractivity contribution < 1.29 is 4.74 Å². The highest BCUT2D eigenvalue weighted by Gasteiger charge is 2.01. The molecule has 0 aliphatic rings. The fourth-order valence-electron chi connectivity index (χ4n) is 1.84. The Morgan fingerprint density at radius 1 is 1.37 bits per heavy atom. The maximum atomic E-state index is 5.00. The van der Waals surface area contributed by atoms with Crippen molar-refractivity contribution in [2.45, 2.75) is 26.1 Å². The summed E-state index contributed by atoms with van der Waals surface area (Å²) in [6.07, 6.45) is 8.35. The summed E-state index contributed by atoms with van der Waals surface area (Å²) in [5, 5.41) is 11.0. The fourth-order valence-corrected chi connectivity index (χ4v) is 1.84. The van der Waals surface area contributed by atoms with Crippen molar-refractivity contribution in [3.05, 3.63) is 30.6 Å². The molecule has 2 rings (SSSR count). The van der Waals surface area contributed by atoms with Gasteiger partial charge >= 0.3 is 0 Å². The van der Waals surface area contributed by atoms with Crippen molar-refractivity contribution in [3.8, 4) is 0 Å². The van der Waals surface area contributed by atoms with Crippen LogP contribution in [0.5, 0.6) is 0 Å². The largest absolute Gasteiger partial charge is 0.383 e. The van der Waals surface area contributed by atoms with Crippen molar-refractivity contribution in [1.29, 1.82) is 0 Å². The van der Waals surface area contributed by atoms with Crippen LogP contribution < -0.4 is 5.32 Å². The van der Waals surface area contributed by atoms with Gasteiger partial charge in [-0.1, -0.05) is 5.21 Å². The second-order valence-electron chi connectivity index (χ2n) is 4.27. The highest BCUT2D eigenvalue weighted by Crippen LogP contribution is 2.01. The van der Waals surface area contributed by atoms with E-state index in [-0.39, 0.29) is 0 Å². The van der Waals surface area contributed by atoms with E-state index < -0.39 is 0 Å². The second kappa shape index (κ2) is 7.65. The van der Waals surface area contributed by atoms with Crippen molar-refractivity contribution in [2.24, 2.45) is 0 Å². The van der Waals surface area contributed by atoms with Gasteiger partial charge in [-0.05, 0) is 6.42 Å². The molecule has 2 heterocycles. The van der Waals surface area contributed by atoms with E-state index in [0.717, 1.165) is 39.2 Å². The zero-order chi connectivity index (χ0) is 13.3. The van der Waals surface area contributed by atoms with Crippen LogP contribution in [-0.2, 0) is 24.4 Å². The number of ether oxygens (including phenoxy) is 1. The van der Waals surface area contributed by atoms with Gasteiger partial charge in [0.1, 0.15) is 0 Å². The molecule has 0 aromatic carbocycles. The van der Waals surface area contributed by atoms with Gasteiger partial charge in [-0.3, -0.25) is 4.68 Å². The molecule has 0 aliphatic carbocycles. The number of methoxy groups -OCH3 is 1. The molecule has 0 fully saturated rings. The topological polar surface area (TPSA) is 69.8 Å². The second-order valence-corrected chi connectivity index (χ2v) is 4.27. The first-order valence-corrected chi connectivity index (χ1v) is 6.43. The third kappa shape index (κ3) is 4.46. The maximum absolute atomic E-state index is 5.00. The Morgan fingerprint density at radius 3 is 3.11 bits per heavy atom. The summed E-state index contributed by atoms with van der Waals surface area (Å²) in [5.41, 5.74) is 1.19. The Bertz CT molecular complexity index is 452. The van der Waals surface area contributed by atoms with E-state index in [2.05, 4.69) is 25.2 Å². The SMILES string of the molecule is COCCNCc1cncn1CCCn1ccnn1. The number of hydrogen-bond donors (Lipinski definition) is 1. The number of rotatable bonds is 9. The molecule has 0 aliphatic heterocycles. The lowest BCUT2D eigenvalue weighted by molar-refractivity contribution is 0.199. The molecule has 104 valence electrons. The molecule has 19 heavy (non-hydrogen) atoms. The number of imidazole rings is 1. The van der Waals surface area contributed by atoms with Gasteiger partial charge in [0, 0.05) is 45.7 Å². The smallest absolute Gasteiger partial charge is 0.0948 e. The average molecular weight is 264 g/mol. The Morgan fingerprint density at radius 2 is 2.32 bits per heavy atom. The van der Waals surface area contributed by atoms with E-state index in [9.17, 15) is 0 Å². The lowest BCUT2D eigenvalue weighted by Gasteiger charge is -2.09. The number of nitrogens with one attached hydrogen (secondary N) is 1. The van der Waals surface area contributed by atoms with Gasteiger partial charge in [0.25, 0.3) is 0 Å². The van der Waals surface area contributed by atoms with Crippen molar-refractivity contribution in [1.82, 2.24) is 29.9 Å². The highest BCUT2D eigenvalue weighted by atomic mass is 16.5. The number of nitrogens with zero attached hydrogens (tertiary/aromatic N) is 5. The van der Waals surface area contributed by atoms with Gasteiger partial charge in [0.05, 0.1) is 24.8 Å². The van der Waals surface area contributed by atoms with E-state index in [1.54, 1.807) is 13.3 Å². The minimum atomic E-state index is 0.723. The van der Waals surface area contributed by atoms with Crippen LogP contribution in [0, 0.1) is 0 Å². The number of aryl methyl sites for hydroxylation is 2. The molecule has 0 atom stereocenters. The van der Waals surface area contributed by atoms with Crippen LogP contribution in [-0.4, -0.2) is 44.8 Å². The summed E-state index contributed by atoms with van der Waals surface area (Å²) in [6.45, 7) is 4.18. The lowest BCUT2D eigenvalue weighted by atomic mass is 10.4. The Hall–Kier alpha value is -1.73. The molecule has 1 N–H and O–H groups in total. The van der Waals surface area contributed by atoms with E-state index in [4.69, 9.17) is 4.74 Å². The summed E-state index contributed by atoms with van der Waals surface area (Å²) in [6, 6.07) is 0. The predicted octanol–water partition coefficient (Wildman–Crippen LogP) is 0.301. The molecule has 0 radical (unpaired) electrons. The summed E-state index contributed by atoms with van der Waals surface area (Å²) in [4.78, 5) is 4.19. The van der Waals surface area contributed by atoms with Crippen LogP contribution in [0.15, 0.2) is 24.9 Å². The van der Waals surface area contributed by atoms with E-state index in [0.29, 0.717) is 0 Å². The molecule has 7 heteroatoms. The van der Waals surface area contributed by atoms with Crippen LogP contribution >= 0.6 is 0 Å². The Balaban J connectivity index is 1.72. The standard InChI is InChI=1S/C12H20N6O/c1-19-8-4-13-9-12-10-14-11-17(12)5-2-6-18-7-3-15-16-18/h3,7,10-11,13H,2,4-6,8-9H2,1H3. The first-order valence-electron chi connectivity index (χ1n) is 6.43. The van der Waals surface area contributed by atoms with Crippen LogP contribution in [0.4, 0.5) is 0 Å². The van der Waals surface area contributed by atoms with Gasteiger partial charge in [-0.25, -0.2) is 4.98 Å². The minimum Gasteiger partial charge on any atom is -0.383 e. The van der Waals surface area contributed by atoms with Crippen molar-refractivity contribution >= 4 is 0 Å². The first kappa shape index (κ1) is 13.7. The molecule has 0 amide bonds. The predicted molar refractivity (Wildman–Crippen MR) is 70.4 cm³/mol. The zero-order valence-electron chi connectivity index (χ0n) is 11.2. The summed E-state index contributed by atoms with van der Waals surface area (Å²) >= 11 is 0. The number of aromatic nitrogens is 5. The van der Waals surface area contributed by atoms with E-state index >= 15 is 0 Å². The minimum absolute atomic E-state index is 0.723. The van der Waals surface area contributed by atoms with Gasteiger partial charge in [-0.2, -0.15) is 0 Å². The maximum Gasteiger partial charge on any atom is 0.0948 e. The number of hydrogen-bond acceptors (Lipinski definition) is 5. The molecule has 0 saturated heterocycles. The third-order valence-electron chi connectivity index (χ3n) is 2.85. The molecule has 0 saturated carbocycles. The first-order chi connectivity index (χ1) is 9.40. The Labute approximate surface area is 112 Å². The van der Waals surface area contributed by atoms with E-state index in [1.165, 1.54) is 5.69 Å². The fraction of sp³-hybridized carbons (Fsp3) is 0.583. The molecular weight excluding hydrogens is 244 g/mol. The molecule has 7 nitrogen and oxygen atoms in total. The highest BCUT2D eigenvalue weighted by molar-refractivity contribution is 4.97. The monoisotopic (exact) mass is 264 g/mol. The lowest BCUT2D eigenvalue weighted by Crippen LogP contribution is -2.20. The van der Waals surface area contributed by atoms with Crippen LogP contribution in [0.2, 0.25) is 0 Å². The molecular formula is C12H20N6O. The molecule has 0 spiro atoms. The molecule has 2 aromatic heterocycles. The normalized spacial score (nSPS) is 11.0.